The van der Waals surface area contributed by atoms with E-state index in [0.29, 0.717) is 6.04 Å². The Balaban J connectivity index is 1.54. The van der Waals surface area contributed by atoms with Crippen molar-refractivity contribution in [1.29, 1.82) is 0 Å². The van der Waals surface area contributed by atoms with Gasteiger partial charge in [0.1, 0.15) is 5.69 Å². The highest BCUT2D eigenvalue weighted by molar-refractivity contribution is 5.22. The maximum atomic E-state index is 6.10. The van der Waals surface area contributed by atoms with Crippen LogP contribution in [0.4, 0.5) is 0 Å². The minimum Gasteiger partial charge on any atom is -0.320 e. The number of nitrogens with zero attached hydrogens (tertiary/aromatic N) is 4. The van der Waals surface area contributed by atoms with Crippen molar-refractivity contribution in [2.75, 3.05) is 13.1 Å². The van der Waals surface area contributed by atoms with Gasteiger partial charge in [-0.1, -0.05) is 36.4 Å². The molecular formula is C19H29N5. The van der Waals surface area contributed by atoms with Gasteiger partial charge in [-0.3, -0.25) is 4.90 Å². The van der Waals surface area contributed by atoms with Gasteiger partial charge in [0, 0.05) is 19.6 Å². The monoisotopic (exact) mass is 327 g/mol. The Kier molecular flexibility index (Phi) is 5.01. The lowest BCUT2D eigenvalue weighted by atomic mass is 10.0. The molecule has 24 heavy (non-hydrogen) atoms. The second kappa shape index (κ2) is 7.03. The average Bonchev–Trinajstić information content (AvgIpc) is 3.07. The minimum atomic E-state index is -0.427. The first-order chi connectivity index (χ1) is 11.5. The standard InChI is InChI=1S/C19H29N5/c1-4-15-5-7-16(8-6-15)13-23-11-9-17(10-12-23)24-14-18(21-22-24)19(2,3)20/h5-8,14,17H,4,9-13,20H2,1-3H3. The van der Waals surface area contributed by atoms with Crippen LogP contribution in [0.25, 0.3) is 0 Å². The van der Waals surface area contributed by atoms with Crippen LogP contribution in [0.3, 0.4) is 0 Å². The van der Waals surface area contributed by atoms with Crippen LogP contribution in [0, 0.1) is 0 Å². The van der Waals surface area contributed by atoms with Gasteiger partial charge < -0.3 is 5.73 Å². The van der Waals surface area contributed by atoms with E-state index >= 15 is 0 Å². The minimum absolute atomic E-state index is 0.427. The van der Waals surface area contributed by atoms with E-state index in [1.165, 1.54) is 11.1 Å². The number of hydrogen-bond donors (Lipinski definition) is 1. The molecule has 0 spiro atoms. The van der Waals surface area contributed by atoms with Gasteiger partial charge in [0.25, 0.3) is 0 Å². The van der Waals surface area contributed by atoms with Crippen molar-refractivity contribution in [3.05, 3.63) is 47.3 Å². The number of rotatable bonds is 5. The summed E-state index contributed by atoms with van der Waals surface area (Å²) in [5, 5.41) is 8.54. The Bertz CT molecular complexity index is 645. The maximum absolute atomic E-state index is 6.10. The Morgan fingerprint density at radius 2 is 1.75 bits per heavy atom. The largest absolute Gasteiger partial charge is 0.320 e. The van der Waals surface area contributed by atoms with Gasteiger partial charge in [0.2, 0.25) is 0 Å². The summed E-state index contributed by atoms with van der Waals surface area (Å²) in [4.78, 5) is 2.53. The highest BCUT2D eigenvalue weighted by Gasteiger charge is 2.24. The Morgan fingerprint density at radius 3 is 2.29 bits per heavy atom. The molecule has 1 aliphatic rings. The van der Waals surface area contributed by atoms with E-state index in [1.54, 1.807) is 0 Å². The molecule has 0 unspecified atom stereocenters. The van der Waals surface area contributed by atoms with E-state index < -0.39 is 5.54 Å². The molecule has 3 rings (SSSR count). The third-order valence-electron chi connectivity index (χ3n) is 4.94. The Hall–Kier alpha value is -1.72. The molecule has 2 heterocycles. The molecular weight excluding hydrogens is 298 g/mol. The predicted octanol–water partition coefficient (Wildman–Crippen LogP) is 2.87. The van der Waals surface area contributed by atoms with E-state index in [0.717, 1.165) is 44.6 Å². The quantitative estimate of drug-likeness (QED) is 0.917. The summed E-state index contributed by atoms with van der Waals surface area (Å²) in [7, 11) is 0. The van der Waals surface area contributed by atoms with Crippen molar-refractivity contribution in [1.82, 2.24) is 19.9 Å². The van der Waals surface area contributed by atoms with Crippen LogP contribution in [0.5, 0.6) is 0 Å². The number of aromatic nitrogens is 3. The first-order valence-electron chi connectivity index (χ1n) is 8.97. The van der Waals surface area contributed by atoms with E-state index in [2.05, 4.69) is 46.4 Å². The fraction of sp³-hybridized carbons (Fsp3) is 0.579. The van der Waals surface area contributed by atoms with Crippen molar-refractivity contribution in [2.45, 2.75) is 58.2 Å². The van der Waals surface area contributed by atoms with Crippen molar-refractivity contribution in [2.24, 2.45) is 5.73 Å². The van der Waals surface area contributed by atoms with Crippen molar-refractivity contribution in [3.63, 3.8) is 0 Å². The summed E-state index contributed by atoms with van der Waals surface area (Å²) in [5.74, 6) is 0. The summed E-state index contributed by atoms with van der Waals surface area (Å²) in [6.07, 6.45) is 5.34. The van der Waals surface area contributed by atoms with Crippen LogP contribution in [-0.2, 0) is 18.5 Å². The van der Waals surface area contributed by atoms with Crippen LogP contribution >= 0.6 is 0 Å². The molecule has 5 nitrogen and oxygen atoms in total. The SMILES string of the molecule is CCc1ccc(CN2CCC(n3cc(C(C)(C)N)nn3)CC2)cc1. The molecule has 0 aliphatic carbocycles. The molecule has 0 amide bonds. The van der Waals surface area contributed by atoms with Gasteiger partial charge >= 0.3 is 0 Å². The number of likely N-dealkylation sites (tertiary alicyclic amines) is 1. The molecule has 0 bridgehead atoms. The Morgan fingerprint density at radius 1 is 1.12 bits per heavy atom. The number of aryl methyl sites for hydroxylation is 1. The van der Waals surface area contributed by atoms with Gasteiger partial charge in [-0.05, 0) is 44.2 Å². The fourth-order valence-electron chi connectivity index (χ4n) is 3.23. The third-order valence-corrected chi connectivity index (χ3v) is 4.94. The molecule has 1 saturated heterocycles. The molecule has 1 aromatic carbocycles. The molecule has 1 aromatic heterocycles. The highest BCUT2D eigenvalue weighted by atomic mass is 15.4. The zero-order valence-electron chi connectivity index (χ0n) is 15.1. The number of piperidine rings is 1. The van der Waals surface area contributed by atoms with Crippen LogP contribution < -0.4 is 5.73 Å². The topological polar surface area (TPSA) is 60.0 Å². The van der Waals surface area contributed by atoms with E-state index in [9.17, 15) is 0 Å². The van der Waals surface area contributed by atoms with Gasteiger partial charge in [-0.25, -0.2) is 4.68 Å². The van der Waals surface area contributed by atoms with Gasteiger partial charge in [0.05, 0.1) is 17.8 Å². The van der Waals surface area contributed by atoms with Gasteiger partial charge in [-0.15, -0.1) is 5.10 Å². The number of hydrogen-bond acceptors (Lipinski definition) is 4. The highest BCUT2D eigenvalue weighted by Crippen LogP contribution is 2.24. The zero-order chi connectivity index (χ0) is 17.2. The number of nitrogens with two attached hydrogens (primary N) is 1. The first-order valence-corrected chi connectivity index (χ1v) is 8.97. The Labute approximate surface area is 144 Å². The predicted molar refractivity (Wildman–Crippen MR) is 96.6 cm³/mol. The third kappa shape index (κ3) is 4.02. The van der Waals surface area contributed by atoms with Gasteiger partial charge in [-0.2, -0.15) is 0 Å². The molecule has 0 radical (unpaired) electrons. The molecule has 1 aliphatic heterocycles. The van der Waals surface area contributed by atoms with E-state index in [4.69, 9.17) is 5.73 Å². The second-order valence-corrected chi connectivity index (χ2v) is 7.48. The molecule has 5 heteroatoms. The van der Waals surface area contributed by atoms with Crippen molar-refractivity contribution in [3.8, 4) is 0 Å². The average molecular weight is 327 g/mol. The van der Waals surface area contributed by atoms with Crippen molar-refractivity contribution >= 4 is 0 Å². The van der Waals surface area contributed by atoms with Crippen LogP contribution in [0.15, 0.2) is 30.5 Å². The van der Waals surface area contributed by atoms with Crippen LogP contribution in [0.1, 0.15) is 56.5 Å². The first kappa shape index (κ1) is 17.1. The molecule has 2 aromatic rings. The van der Waals surface area contributed by atoms with Crippen LogP contribution in [-0.4, -0.2) is 33.0 Å². The second-order valence-electron chi connectivity index (χ2n) is 7.48. The lowest BCUT2D eigenvalue weighted by Crippen LogP contribution is -2.34. The summed E-state index contributed by atoms with van der Waals surface area (Å²) < 4.78 is 2.01. The zero-order valence-corrected chi connectivity index (χ0v) is 15.1. The summed E-state index contributed by atoms with van der Waals surface area (Å²) >= 11 is 0. The normalized spacial score (nSPS) is 17.3. The summed E-state index contributed by atoms with van der Waals surface area (Å²) in [6, 6.07) is 9.45. The molecule has 0 atom stereocenters. The summed E-state index contributed by atoms with van der Waals surface area (Å²) in [5.41, 5.74) is 9.35. The molecule has 0 saturated carbocycles. The maximum Gasteiger partial charge on any atom is 0.102 e. The fourth-order valence-corrected chi connectivity index (χ4v) is 3.23. The molecule has 2 N–H and O–H groups in total. The van der Waals surface area contributed by atoms with Crippen LogP contribution in [0.2, 0.25) is 0 Å². The lowest BCUT2D eigenvalue weighted by Gasteiger charge is -2.31. The molecule has 130 valence electrons. The van der Waals surface area contributed by atoms with E-state index in [1.807, 2.05) is 24.7 Å². The lowest BCUT2D eigenvalue weighted by molar-refractivity contribution is 0.172. The van der Waals surface area contributed by atoms with E-state index in [-0.39, 0.29) is 0 Å². The number of benzene rings is 1. The summed E-state index contributed by atoms with van der Waals surface area (Å²) in [6.45, 7) is 9.36. The smallest absolute Gasteiger partial charge is 0.102 e. The molecule has 1 fully saturated rings. The van der Waals surface area contributed by atoms with Gasteiger partial charge in [0.15, 0.2) is 0 Å². The van der Waals surface area contributed by atoms with Crippen molar-refractivity contribution < 1.29 is 0 Å².